The van der Waals surface area contributed by atoms with Gasteiger partial charge in [-0.05, 0) is 19.1 Å². The Kier molecular flexibility index (Phi) is 3.50. The Morgan fingerprint density at radius 3 is 3.14 bits per heavy atom. The van der Waals surface area contributed by atoms with Gasteiger partial charge in [-0.2, -0.15) is 10.4 Å². The Morgan fingerprint density at radius 1 is 1.71 bits per heavy atom. The molecule has 0 fully saturated rings. The molecule has 4 nitrogen and oxygen atoms in total. The highest BCUT2D eigenvalue weighted by molar-refractivity contribution is 5.64. The molecule has 0 amide bonds. The van der Waals surface area contributed by atoms with Crippen molar-refractivity contribution < 1.29 is 4.74 Å². The van der Waals surface area contributed by atoms with E-state index in [1.54, 1.807) is 38.6 Å². The maximum atomic E-state index is 8.61. The third-order valence-electron chi connectivity index (χ3n) is 1.62. The van der Waals surface area contributed by atoms with Crippen LogP contribution in [0.4, 0.5) is 0 Å². The number of H-pyrrole nitrogens is 1. The summed E-state index contributed by atoms with van der Waals surface area (Å²) in [5.74, 6) is 0. The lowest BCUT2D eigenvalue weighted by atomic mass is 10.2. The molecule has 0 aliphatic rings. The summed E-state index contributed by atoms with van der Waals surface area (Å²) in [7, 11) is 1.57. The zero-order valence-electron chi connectivity index (χ0n) is 8.11. The van der Waals surface area contributed by atoms with Crippen molar-refractivity contribution in [1.29, 1.82) is 5.26 Å². The van der Waals surface area contributed by atoms with Gasteiger partial charge in [0, 0.05) is 11.1 Å². The average molecular weight is 189 g/mol. The Bertz CT molecular complexity index is 396. The normalized spacial score (nSPS) is 11.6. The lowest BCUT2D eigenvalue weighted by Gasteiger charge is -1.91. The smallest absolute Gasteiger partial charge is 0.0944 e. The van der Waals surface area contributed by atoms with Crippen LogP contribution in [0.25, 0.3) is 12.2 Å². The molecule has 0 bridgehead atoms. The number of nitrogens with zero attached hydrogens (tertiary/aromatic N) is 2. The van der Waals surface area contributed by atoms with E-state index in [9.17, 15) is 0 Å². The van der Waals surface area contributed by atoms with Gasteiger partial charge in [-0.3, -0.25) is 5.10 Å². The molecule has 1 aromatic heterocycles. The topological polar surface area (TPSA) is 61.7 Å². The van der Waals surface area contributed by atoms with Crippen molar-refractivity contribution in [2.24, 2.45) is 0 Å². The standard InChI is InChI=1S/C10H11N3O/c1-8(6-11)5-9-7-12-13-10(9)3-4-14-2/h3-5,7H,1-2H3,(H,12,13)/b4-3+,8-5+. The lowest BCUT2D eigenvalue weighted by Crippen LogP contribution is -1.78. The number of methoxy groups -OCH3 is 1. The molecule has 1 N–H and O–H groups in total. The van der Waals surface area contributed by atoms with E-state index in [4.69, 9.17) is 10.00 Å². The Hall–Kier alpha value is -2.02. The van der Waals surface area contributed by atoms with Gasteiger partial charge in [0.2, 0.25) is 0 Å². The molecule has 4 heteroatoms. The van der Waals surface area contributed by atoms with E-state index >= 15 is 0 Å². The monoisotopic (exact) mass is 189 g/mol. The van der Waals surface area contributed by atoms with Gasteiger partial charge in [-0.15, -0.1) is 0 Å². The predicted octanol–water partition coefficient (Wildman–Crippen LogP) is 1.95. The lowest BCUT2D eigenvalue weighted by molar-refractivity contribution is 0.341. The molecular weight excluding hydrogens is 178 g/mol. The van der Waals surface area contributed by atoms with Gasteiger partial charge < -0.3 is 4.74 Å². The zero-order chi connectivity index (χ0) is 10.4. The second kappa shape index (κ2) is 4.87. The van der Waals surface area contributed by atoms with Gasteiger partial charge in [0.15, 0.2) is 0 Å². The number of hydrogen-bond donors (Lipinski definition) is 1. The molecule has 1 aromatic rings. The molecule has 0 aliphatic heterocycles. The maximum Gasteiger partial charge on any atom is 0.0944 e. The molecule has 0 aliphatic carbocycles. The number of nitriles is 1. The van der Waals surface area contributed by atoms with Crippen LogP contribution in [0.5, 0.6) is 0 Å². The van der Waals surface area contributed by atoms with E-state index in [1.165, 1.54) is 0 Å². The molecule has 1 rings (SSSR count). The average Bonchev–Trinajstić information content (AvgIpc) is 2.62. The second-order valence-electron chi connectivity index (χ2n) is 2.72. The largest absolute Gasteiger partial charge is 0.504 e. The molecule has 0 saturated carbocycles. The number of allylic oxidation sites excluding steroid dienone is 1. The summed E-state index contributed by atoms with van der Waals surface area (Å²) in [4.78, 5) is 0. The zero-order valence-corrected chi connectivity index (χ0v) is 8.11. The van der Waals surface area contributed by atoms with Crippen LogP contribution in [0.2, 0.25) is 0 Å². The van der Waals surface area contributed by atoms with Crippen molar-refractivity contribution >= 4 is 12.2 Å². The third kappa shape index (κ3) is 2.49. The SMILES string of the molecule is CO/C=C/c1[nH]ncc1/C=C(\C)C#N. The molecule has 0 spiro atoms. The van der Waals surface area contributed by atoms with Crippen LogP contribution in [0.1, 0.15) is 18.2 Å². The van der Waals surface area contributed by atoms with Gasteiger partial charge >= 0.3 is 0 Å². The maximum absolute atomic E-state index is 8.61. The number of aromatic nitrogens is 2. The molecule has 0 aromatic carbocycles. The van der Waals surface area contributed by atoms with Crippen LogP contribution in [0.15, 0.2) is 18.0 Å². The molecule has 14 heavy (non-hydrogen) atoms. The van der Waals surface area contributed by atoms with E-state index < -0.39 is 0 Å². The van der Waals surface area contributed by atoms with E-state index in [-0.39, 0.29) is 0 Å². The van der Waals surface area contributed by atoms with Crippen LogP contribution >= 0.6 is 0 Å². The quantitative estimate of drug-likeness (QED) is 0.584. The molecular formula is C10H11N3O. The second-order valence-corrected chi connectivity index (χ2v) is 2.72. The number of rotatable bonds is 3. The van der Waals surface area contributed by atoms with Gasteiger partial charge in [0.1, 0.15) is 0 Å². The summed E-state index contributed by atoms with van der Waals surface area (Å²) in [5.41, 5.74) is 2.33. The minimum absolute atomic E-state index is 0.637. The van der Waals surface area contributed by atoms with Gasteiger partial charge in [0.05, 0.1) is 31.3 Å². The van der Waals surface area contributed by atoms with Crippen molar-refractivity contribution in [3.8, 4) is 6.07 Å². The highest BCUT2D eigenvalue weighted by Gasteiger charge is 1.98. The van der Waals surface area contributed by atoms with Crippen molar-refractivity contribution in [3.63, 3.8) is 0 Å². The van der Waals surface area contributed by atoms with E-state index in [0.29, 0.717) is 5.57 Å². The fourth-order valence-electron chi connectivity index (χ4n) is 0.956. The molecule has 0 radical (unpaired) electrons. The van der Waals surface area contributed by atoms with Crippen LogP contribution in [0.3, 0.4) is 0 Å². The number of hydrogen-bond acceptors (Lipinski definition) is 3. The summed E-state index contributed by atoms with van der Waals surface area (Å²) in [6, 6.07) is 2.05. The highest BCUT2D eigenvalue weighted by atomic mass is 16.5. The fourth-order valence-corrected chi connectivity index (χ4v) is 0.956. The fraction of sp³-hybridized carbons (Fsp3) is 0.200. The Balaban J connectivity index is 2.94. The van der Waals surface area contributed by atoms with Crippen molar-refractivity contribution in [2.75, 3.05) is 7.11 Å². The minimum atomic E-state index is 0.637. The van der Waals surface area contributed by atoms with Crippen molar-refractivity contribution in [2.45, 2.75) is 6.92 Å². The van der Waals surface area contributed by atoms with Gasteiger partial charge in [0.25, 0.3) is 0 Å². The van der Waals surface area contributed by atoms with Crippen molar-refractivity contribution in [1.82, 2.24) is 10.2 Å². The van der Waals surface area contributed by atoms with E-state index in [0.717, 1.165) is 11.3 Å². The molecule has 1 heterocycles. The van der Waals surface area contributed by atoms with Gasteiger partial charge in [-0.25, -0.2) is 0 Å². The summed E-state index contributed by atoms with van der Waals surface area (Å²) in [6.45, 7) is 1.75. The van der Waals surface area contributed by atoms with E-state index in [2.05, 4.69) is 16.3 Å². The first kappa shape index (κ1) is 10.1. The summed E-state index contributed by atoms with van der Waals surface area (Å²) in [5, 5.41) is 15.3. The molecule has 72 valence electrons. The highest BCUT2D eigenvalue weighted by Crippen LogP contribution is 2.11. The Morgan fingerprint density at radius 2 is 2.50 bits per heavy atom. The van der Waals surface area contributed by atoms with Crippen LogP contribution in [0, 0.1) is 11.3 Å². The first-order valence-electron chi connectivity index (χ1n) is 4.09. The third-order valence-corrected chi connectivity index (χ3v) is 1.62. The molecule has 0 atom stereocenters. The minimum Gasteiger partial charge on any atom is -0.504 e. The first-order chi connectivity index (χ1) is 6.77. The number of ether oxygens (including phenoxy) is 1. The molecule has 0 unspecified atom stereocenters. The number of nitrogens with one attached hydrogen (secondary N) is 1. The predicted molar refractivity (Wildman–Crippen MR) is 53.9 cm³/mol. The summed E-state index contributed by atoms with van der Waals surface area (Å²) >= 11 is 0. The van der Waals surface area contributed by atoms with Crippen LogP contribution in [-0.2, 0) is 4.74 Å². The van der Waals surface area contributed by atoms with Crippen molar-refractivity contribution in [3.05, 3.63) is 29.3 Å². The van der Waals surface area contributed by atoms with Crippen LogP contribution < -0.4 is 0 Å². The summed E-state index contributed by atoms with van der Waals surface area (Å²) in [6.07, 6.45) is 6.73. The van der Waals surface area contributed by atoms with E-state index in [1.807, 2.05) is 0 Å². The molecule has 0 saturated heterocycles. The van der Waals surface area contributed by atoms with Gasteiger partial charge in [-0.1, -0.05) is 0 Å². The first-order valence-corrected chi connectivity index (χ1v) is 4.09. The number of aromatic amines is 1. The Labute approximate surface area is 82.5 Å². The van der Waals surface area contributed by atoms with Crippen LogP contribution in [-0.4, -0.2) is 17.3 Å². The summed E-state index contributed by atoms with van der Waals surface area (Å²) < 4.78 is 4.79.